The number of carbonyl (C=O) groups excluding carboxylic acids is 1. The van der Waals surface area contributed by atoms with Gasteiger partial charge in [-0.2, -0.15) is 0 Å². The molecule has 0 amide bonds. The van der Waals surface area contributed by atoms with Gasteiger partial charge in [0.25, 0.3) is 5.56 Å². The molecule has 2 heterocycles. The van der Waals surface area contributed by atoms with Crippen LogP contribution in [0.25, 0.3) is 6.08 Å². The Bertz CT molecular complexity index is 1500. The second-order valence-corrected chi connectivity index (χ2v) is 8.66. The molecule has 10 heteroatoms. The standard InChI is InChI=1S/C26H26N2O7S/c1-5-34-18-11-10-15(12-20(18)35-6-2)22-17(25(31)33-4)14-27-26-28(22)24(30)21(36-26)13-16-8-7-9-19(32-3)23(16)29/h7-14,22,29H,5-6H2,1-4H3/b21-13+/t22-/m1/s1. The number of thiazole rings is 1. The molecule has 36 heavy (non-hydrogen) atoms. The zero-order chi connectivity index (χ0) is 25.8. The molecular formula is C26H26N2O7S. The first-order valence-electron chi connectivity index (χ1n) is 11.3. The van der Waals surface area contributed by atoms with E-state index in [1.165, 1.54) is 25.0 Å². The van der Waals surface area contributed by atoms with E-state index >= 15 is 0 Å². The highest BCUT2D eigenvalue weighted by Crippen LogP contribution is 2.35. The van der Waals surface area contributed by atoms with E-state index < -0.39 is 12.0 Å². The molecule has 0 spiro atoms. The SMILES string of the molecule is CCOc1ccc([C@@H]2C(C(=O)OC)=CN=c3s/c(=C/c4cccc(OC)c4O)c(=O)n32)cc1OCC. The lowest BCUT2D eigenvalue weighted by Gasteiger charge is -2.23. The molecule has 1 aliphatic heterocycles. The van der Waals surface area contributed by atoms with Gasteiger partial charge >= 0.3 is 5.97 Å². The van der Waals surface area contributed by atoms with Crippen LogP contribution in [0.3, 0.4) is 0 Å². The van der Waals surface area contributed by atoms with Gasteiger partial charge in [-0.15, -0.1) is 0 Å². The van der Waals surface area contributed by atoms with Crippen LogP contribution in [-0.2, 0) is 9.53 Å². The van der Waals surface area contributed by atoms with E-state index in [0.717, 1.165) is 11.3 Å². The molecule has 2 aromatic carbocycles. The predicted molar refractivity (Wildman–Crippen MR) is 135 cm³/mol. The Kier molecular flexibility index (Phi) is 7.44. The summed E-state index contributed by atoms with van der Waals surface area (Å²) in [6.07, 6.45) is 3.00. The quantitative estimate of drug-likeness (QED) is 0.464. The molecule has 0 bridgehead atoms. The lowest BCUT2D eigenvalue weighted by atomic mass is 9.97. The fraction of sp³-hybridized carbons (Fsp3) is 0.269. The minimum Gasteiger partial charge on any atom is -0.504 e. The summed E-state index contributed by atoms with van der Waals surface area (Å²) in [5.74, 6) is 0.676. The van der Waals surface area contributed by atoms with E-state index in [1.54, 1.807) is 42.5 Å². The van der Waals surface area contributed by atoms with Crippen molar-refractivity contribution in [1.82, 2.24) is 4.57 Å². The van der Waals surface area contributed by atoms with E-state index in [2.05, 4.69) is 4.99 Å². The smallest absolute Gasteiger partial charge is 0.337 e. The summed E-state index contributed by atoms with van der Waals surface area (Å²) in [5.41, 5.74) is 0.882. The molecule has 0 unspecified atom stereocenters. The predicted octanol–water partition coefficient (Wildman–Crippen LogP) is 2.53. The number of rotatable bonds is 8. The molecule has 0 aliphatic carbocycles. The van der Waals surface area contributed by atoms with E-state index in [4.69, 9.17) is 18.9 Å². The number of fused-ring (bicyclic) bond motifs is 1. The number of phenolic OH excluding ortho intramolecular Hbond substituents is 1. The van der Waals surface area contributed by atoms with Crippen molar-refractivity contribution in [3.63, 3.8) is 0 Å². The van der Waals surface area contributed by atoms with Crippen LogP contribution in [-0.4, -0.2) is 43.1 Å². The third-order valence-corrected chi connectivity index (χ3v) is 6.54. The number of nitrogens with zero attached hydrogens (tertiary/aromatic N) is 2. The first kappa shape index (κ1) is 25.1. The van der Waals surface area contributed by atoms with E-state index in [-0.39, 0.29) is 16.9 Å². The number of ether oxygens (including phenoxy) is 4. The van der Waals surface area contributed by atoms with Gasteiger partial charge in [0.2, 0.25) is 0 Å². The number of esters is 1. The zero-order valence-electron chi connectivity index (χ0n) is 20.3. The van der Waals surface area contributed by atoms with Crippen LogP contribution in [0, 0.1) is 0 Å². The van der Waals surface area contributed by atoms with Gasteiger partial charge < -0.3 is 24.1 Å². The average molecular weight is 511 g/mol. The normalized spacial score (nSPS) is 14.9. The topological polar surface area (TPSA) is 109 Å². The van der Waals surface area contributed by atoms with Gasteiger partial charge in [-0.1, -0.05) is 29.5 Å². The van der Waals surface area contributed by atoms with Gasteiger partial charge in [-0.05, 0) is 43.7 Å². The maximum Gasteiger partial charge on any atom is 0.337 e. The van der Waals surface area contributed by atoms with Crippen LogP contribution in [0.5, 0.6) is 23.0 Å². The molecule has 1 aromatic heterocycles. The first-order valence-corrected chi connectivity index (χ1v) is 12.1. The van der Waals surface area contributed by atoms with Crippen molar-refractivity contribution >= 4 is 23.4 Å². The van der Waals surface area contributed by atoms with Crippen molar-refractivity contribution in [1.29, 1.82) is 0 Å². The summed E-state index contributed by atoms with van der Waals surface area (Å²) in [7, 11) is 2.73. The number of methoxy groups -OCH3 is 2. The van der Waals surface area contributed by atoms with Crippen LogP contribution in [0.1, 0.15) is 31.0 Å². The third kappa shape index (κ3) is 4.59. The molecule has 4 rings (SSSR count). The van der Waals surface area contributed by atoms with E-state index in [0.29, 0.717) is 50.9 Å². The molecular weight excluding hydrogens is 484 g/mol. The van der Waals surface area contributed by atoms with Crippen LogP contribution >= 0.6 is 11.3 Å². The van der Waals surface area contributed by atoms with Gasteiger partial charge in [-0.25, -0.2) is 9.79 Å². The molecule has 3 aromatic rings. The van der Waals surface area contributed by atoms with E-state index in [1.807, 2.05) is 13.8 Å². The summed E-state index contributed by atoms with van der Waals surface area (Å²) in [6, 6.07) is 9.51. The molecule has 0 saturated carbocycles. The van der Waals surface area contributed by atoms with Crippen LogP contribution < -0.4 is 29.1 Å². The number of para-hydroxylation sites is 1. The maximum atomic E-state index is 13.6. The lowest BCUT2D eigenvalue weighted by molar-refractivity contribution is -0.136. The summed E-state index contributed by atoms with van der Waals surface area (Å²) in [4.78, 5) is 31.1. The monoisotopic (exact) mass is 510 g/mol. The largest absolute Gasteiger partial charge is 0.504 e. The van der Waals surface area contributed by atoms with Crippen LogP contribution in [0.4, 0.5) is 0 Å². The Labute approximate surface area is 211 Å². The van der Waals surface area contributed by atoms with Crippen molar-refractivity contribution in [2.24, 2.45) is 4.99 Å². The summed E-state index contributed by atoms with van der Waals surface area (Å²) in [5, 5.41) is 10.5. The molecule has 1 N–H and O–H groups in total. The van der Waals surface area contributed by atoms with Crippen molar-refractivity contribution in [2.75, 3.05) is 27.4 Å². The number of phenols is 1. The second kappa shape index (κ2) is 10.7. The molecule has 0 radical (unpaired) electrons. The molecule has 188 valence electrons. The molecule has 9 nitrogen and oxygen atoms in total. The minimum absolute atomic E-state index is 0.0782. The molecule has 1 atom stereocenters. The Morgan fingerprint density at radius 2 is 1.86 bits per heavy atom. The Balaban J connectivity index is 1.92. The average Bonchev–Trinajstić information content (AvgIpc) is 3.20. The number of carbonyl (C=O) groups is 1. The van der Waals surface area contributed by atoms with Crippen molar-refractivity contribution in [3.05, 3.63) is 79.0 Å². The Hall–Kier alpha value is -4.05. The number of aromatic hydroxyl groups is 1. The second-order valence-electron chi connectivity index (χ2n) is 7.65. The number of aromatic nitrogens is 1. The molecule has 0 saturated heterocycles. The Morgan fingerprint density at radius 3 is 2.56 bits per heavy atom. The number of hydrogen-bond acceptors (Lipinski definition) is 9. The molecule has 1 aliphatic rings. The van der Waals surface area contributed by atoms with Crippen molar-refractivity contribution in [2.45, 2.75) is 19.9 Å². The fourth-order valence-corrected chi connectivity index (χ4v) is 4.91. The van der Waals surface area contributed by atoms with Crippen molar-refractivity contribution in [3.8, 4) is 23.0 Å². The summed E-state index contributed by atoms with van der Waals surface area (Å²) < 4.78 is 23.4. The fourth-order valence-electron chi connectivity index (χ4n) is 3.95. The summed E-state index contributed by atoms with van der Waals surface area (Å²) >= 11 is 1.15. The van der Waals surface area contributed by atoms with Crippen molar-refractivity contribution < 1.29 is 28.8 Å². The maximum absolute atomic E-state index is 13.6. The van der Waals surface area contributed by atoms with Gasteiger partial charge in [0, 0.05) is 11.8 Å². The molecule has 0 fully saturated rings. The van der Waals surface area contributed by atoms with E-state index in [9.17, 15) is 14.7 Å². The number of hydrogen-bond donors (Lipinski definition) is 1. The highest BCUT2D eigenvalue weighted by Gasteiger charge is 2.31. The Morgan fingerprint density at radius 1 is 1.11 bits per heavy atom. The minimum atomic E-state index is -0.801. The zero-order valence-corrected chi connectivity index (χ0v) is 21.1. The number of benzene rings is 2. The highest BCUT2D eigenvalue weighted by molar-refractivity contribution is 7.07. The first-order chi connectivity index (χ1) is 17.4. The highest BCUT2D eigenvalue weighted by atomic mass is 32.1. The van der Waals surface area contributed by atoms with Crippen LogP contribution in [0.15, 0.2) is 58.0 Å². The lowest BCUT2D eigenvalue weighted by Crippen LogP contribution is -2.39. The van der Waals surface area contributed by atoms with Gasteiger partial charge in [0.1, 0.15) is 0 Å². The summed E-state index contributed by atoms with van der Waals surface area (Å²) in [6.45, 7) is 4.61. The van der Waals surface area contributed by atoms with Gasteiger partial charge in [0.05, 0.1) is 43.6 Å². The third-order valence-electron chi connectivity index (χ3n) is 5.54. The van der Waals surface area contributed by atoms with Crippen LogP contribution in [0.2, 0.25) is 0 Å². The van der Waals surface area contributed by atoms with Gasteiger partial charge in [0.15, 0.2) is 27.8 Å². The van der Waals surface area contributed by atoms with Gasteiger partial charge in [-0.3, -0.25) is 9.36 Å².